The summed E-state index contributed by atoms with van der Waals surface area (Å²) in [7, 11) is 5.80. The molecule has 0 spiro atoms. The summed E-state index contributed by atoms with van der Waals surface area (Å²) in [6, 6.07) is 0.214. The summed E-state index contributed by atoms with van der Waals surface area (Å²) in [6.07, 6.45) is 4.44. The summed E-state index contributed by atoms with van der Waals surface area (Å²) >= 11 is 0. The summed E-state index contributed by atoms with van der Waals surface area (Å²) in [6.45, 7) is 2.02. The van der Waals surface area contributed by atoms with Gasteiger partial charge in [-0.15, -0.1) is 0 Å². The Morgan fingerprint density at radius 3 is 2.65 bits per heavy atom. The number of hydrogen-bond donors (Lipinski definition) is 1. The second-order valence-electron chi connectivity index (χ2n) is 4.19. The van der Waals surface area contributed by atoms with Crippen LogP contribution in [0.4, 0.5) is 0 Å². The molecule has 0 saturated carbocycles. The third-order valence-electron chi connectivity index (χ3n) is 2.97. The molecule has 0 fully saturated rings. The number of aryl methyl sites for hydroxylation is 3. The average Bonchev–Trinajstić information content (AvgIpc) is 2.82. The van der Waals surface area contributed by atoms with Crippen LogP contribution in [0.1, 0.15) is 23.1 Å². The highest BCUT2D eigenvalue weighted by atomic mass is 15.3. The molecule has 0 bridgehead atoms. The van der Waals surface area contributed by atoms with Gasteiger partial charge in [-0.25, -0.2) is 4.98 Å². The van der Waals surface area contributed by atoms with E-state index in [0.29, 0.717) is 0 Å². The molecule has 1 unspecified atom stereocenters. The Morgan fingerprint density at radius 1 is 1.41 bits per heavy atom. The van der Waals surface area contributed by atoms with Crippen molar-refractivity contribution in [1.29, 1.82) is 0 Å². The Morgan fingerprint density at radius 2 is 2.18 bits per heavy atom. The van der Waals surface area contributed by atoms with E-state index < -0.39 is 0 Å². The molecule has 92 valence electrons. The number of hydrogen-bond acceptors (Lipinski definition) is 4. The fraction of sp³-hybridized carbons (Fsp3) is 0.545. The van der Waals surface area contributed by atoms with E-state index >= 15 is 0 Å². The van der Waals surface area contributed by atoms with Crippen LogP contribution in [0.3, 0.4) is 0 Å². The van der Waals surface area contributed by atoms with Crippen LogP contribution in [-0.4, -0.2) is 31.6 Å². The first-order chi connectivity index (χ1) is 8.11. The van der Waals surface area contributed by atoms with Crippen LogP contribution in [-0.2, 0) is 20.5 Å². The topological polar surface area (TPSA) is 60.6 Å². The lowest BCUT2D eigenvalue weighted by atomic mass is 10.0. The van der Waals surface area contributed by atoms with Crippen LogP contribution in [0.25, 0.3) is 0 Å². The fourth-order valence-corrected chi connectivity index (χ4v) is 2.02. The van der Waals surface area contributed by atoms with Crippen LogP contribution in [0.5, 0.6) is 0 Å². The molecule has 1 N–H and O–H groups in total. The summed E-state index contributed by atoms with van der Waals surface area (Å²) in [4.78, 5) is 4.25. The van der Waals surface area contributed by atoms with E-state index in [9.17, 15) is 0 Å². The van der Waals surface area contributed by atoms with E-state index in [1.165, 1.54) is 5.56 Å². The van der Waals surface area contributed by atoms with Gasteiger partial charge in [0.1, 0.15) is 12.2 Å². The van der Waals surface area contributed by atoms with Gasteiger partial charge in [0.25, 0.3) is 0 Å². The van der Waals surface area contributed by atoms with Gasteiger partial charge in [-0.3, -0.25) is 9.36 Å². The largest absolute Gasteiger partial charge is 0.313 e. The lowest BCUT2D eigenvalue weighted by Gasteiger charge is -2.14. The molecular formula is C11H18N6. The predicted octanol–water partition coefficient (Wildman–Crippen LogP) is 0.360. The standard InChI is InChI=1S/C11H18N6/c1-8-9(6-16(3)15-8)10(12-2)5-11-13-7-14-17(11)4/h6-7,10,12H,5H2,1-4H3. The highest BCUT2D eigenvalue weighted by Crippen LogP contribution is 2.19. The van der Waals surface area contributed by atoms with Crippen molar-refractivity contribution in [3.63, 3.8) is 0 Å². The van der Waals surface area contributed by atoms with Crippen molar-refractivity contribution in [3.8, 4) is 0 Å². The van der Waals surface area contributed by atoms with Crippen LogP contribution >= 0.6 is 0 Å². The predicted molar refractivity (Wildman–Crippen MR) is 64.5 cm³/mol. The highest BCUT2D eigenvalue weighted by molar-refractivity contribution is 5.21. The van der Waals surface area contributed by atoms with Crippen molar-refractivity contribution in [2.45, 2.75) is 19.4 Å². The third-order valence-corrected chi connectivity index (χ3v) is 2.97. The van der Waals surface area contributed by atoms with Gasteiger partial charge in [-0.05, 0) is 14.0 Å². The zero-order valence-electron chi connectivity index (χ0n) is 10.7. The average molecular weight is 234 g/mol. The molecule has 0 aromatic carbocycles. The molecule has 0 aliphatic heterocycles. The van der Waals surface area contributed by atoms with Crippen molar-refractivity contribution in [3.05, 3.63) is 29.6 Å². The normalized spacial score (nSPS) is 12.9. The first-order valence-electron chi connectivity index (χ1n) is 5.62. The molecule has 0 aliphatic carbocycles. The van der Waals surface area contributed by atoms with Crippen molar-refractivity contribution in [2.75, 3.05) is 7.05 Å². The maximum atomic E-state index is 4.37. The van der Waals surface area contributed by atoms with E-state index in [-0.39, 0.29) is 6.04 Å². The first-order valence-corrected chi connectivity index (χ1v) is 5.62. The molecule has 2 rings (SSSR count). The van der Waals surface area contributed by atoms with Crippen LogP contribution < -0.4 is 5.32 Å². The Balaban J connectivity index is 2.23. The Bertz CT molecular complexity index is 498. The quantitative estimate of drug-likeness (QED) is 0.830. The molecule has 0 saturated heterocycles. The van der Waals surface area contributed by atoms with E-state index in [0.717, 1.165) is 17.9 Å². The number of nitrogens with one attached hydrogen (secondary N) is 1. The molecule has 2 aromatic heterocycles. The summed E-state index contributed by atoms with van der Waals surface area (Å²) in [5.74, 6) is 0.965. The molecule has 6 heteroatoms. The Labute approximate surface area is 101 Å². The molecular weight excluding hydrogens is 216 g/mol. The Kier molecular flexibility index (Phi) is 3.23. The van der Waals surface area contributed by atoms with Crippen molar-refractivity contribution in [2.24, 2.45) is 14.1 Å². The molecule has 0 aliphatic rings. The number of likely N-dealkylation sites (N-methyl/N-ethyl adjacent to an activating group) is 1. The molecule has 2 aromatic rings. The van der Waals surface area contributed by atoms with Crippen LogP contribution in [0.15, 0.2) is 12.5 Å². The number of aromatic nitrogens is 5. The fourth-order valence-electron chi connectivity index (χ4n) is 2.02. The lowest BCUT2D eigenvalue weighted by Crippen LogP contribution is -2.21. The molecule has 6 nitrogen and oxygen atoms in total. The summed E-state index contributed by atoms with van der Waals surface area (Å²) in [5, 5.41) is 11.8. The van der Waals surface area contributed by atoms with Crippen molar-refractivity contribution in [1.82, 2.24) is 29.9 Å². The van der Waals surface area contributed by atoms with Gasteiger partial charge in [0.2, 0.25) is 0 Å². The van der Waals surface area contributed by atoms with Crippen LogP contribution in [0, 0.1) is 6.92 Å². The van der Waals surface area contributed by atoms with E-state index in [4.69, 9.17) is 0 Å². The van der Waals surface area contributed by atoms with Gasteiger partial charge >= 0.3 is 0 Å². The monoisotopic (exact) mass is 234 g/mol. The SMILES string of the molecule is CNC(Cc1ncnn1C)c1cn(C)nc1C. The third kappa shape index (κ3) is 2.36. The van der Waals surface area contributed by atoms with Gasteiger partial charge in [0.05, 0.1) is 5.69 Å². The maximum absolute atomic E-state index is 4.37. The zero-order chi connectivity index (χ0) is 12.4. The van der Waals surface area contributed by atoms with E-state index in [2.05, 4.69) is 20.5 Å². The second kappa shape index (κ2) is 4.67. The van der Waals surface area contributed by atoms with Gasteiger partial charge in [-0.2, -0.15) is 10.2 Å². The van der Waals surface area contributed by atoms with Gasteiger partial charge < -0.3 is 5.32 Å². The van der Waals surface area contributed by atoms with Crippen LogP contribution in [0.2, 0.25) is 0 Å². The smallest absolute Gasteiger partial charge is 0.138 e. The molecule has 2 heterocycles. The highest BCUT2D eigenvalue weighted by Gasteiger charge is 2.17. The zero-order valence-corrected chi connectivity index (χ0v) is 10.7. The molecule has 1 atom stereocenters. The van der Waals surface area contributed by atoms with Crippen molar-refractivity contribution < 1.29 is 0 Å². The van der Waals surface area contributed by atoms with Gasteiger partial charge in [-0.1, -0.05) is 0 Å². The second-order valence-corrected chi connectivity index (χ2v) is 4.19. The molecule has 0 radical (unpaired) electrons. The lowest BCUT2D eigenvalue weighted by molar-refractivity contribution is 0.551. The minimum absolute atomic E-state index is 0.214. The Hall–Kier alpha value is -1.69. The van der Waals surface area contributed by atoms with Gasteiger partial charge in [0.15, 0.2) is 0 Å². The first kappa shape index (κ1) is 11.8. The minimum Gasteiger partial charge on any atom is -0.313 e. The minimum atomic E-state index is 0.214. The summed E-state index contributed by atoms with van der Waals surface area (Å²) in [5.41, 5.74) is 2.26. The number of rotatable bonds is 4. The molecule has 0 amide bonds. The van der Waals surface area contributed by atoms with E-state index in [1.54, 1.807) is 11.0 Å². The molecule has 17 heavy (non-hydrogen) atoms. The van der Waals surface area contributed by atoms with Gasteiger partial charge in [0, 0.05) is 38.3 Å². The van der Waals surface area contributed by atoms with Crippen molar-refractivity contribution >= 4 is 0 Å². The van der Waals surface area contributed by atoms with E-state index in [1.807, 2.05) is 38.9 Å². The maximum Gasteiger partial charge on any atom is 0.138 e. The number of nitrogens with zero attached hydrogens (tertiary/aromatic N) is 5. The summed E-state index contributed by atoms with van der Waals surface area (Å²) < 4.78 is 3.64.